The van der Waals surface area contributed by atoms with Gasteiger partial charge in [0, 0.05) is 24.6 Å². The van der Waals surface area contributed by atoms with E-state index in [0.29, 0.717) is 12.4 Å². The average molecular weight is 296 g/mol. The molecular formula is C11H16N6O2S. The average Bonchev–Trinajstić information content (AvgIpc) is 2.66. The molecule has 0 aliphatic heterocycles. The molecule has 20 heavy (non-hydrogen) atoms. The van der Waals surface area contributed by atoms with Crippen molar-refractivity contribution < 1.29 is 8.42 Å². The summed E-state index contributed by atoms with van der Waals surface area (Å²) < 4.78 is 25.0. The molecule has 0 bridgehead atoms. The van der Waals surface area contributed by atoms with Crippen LogP contribution in [0, 0.1) is 6.92 Å². The Morgan fingerprint density at radius 3 is 2.65 bits per heavy atom. The predicted octanol–water partition coefficient (Wildman–Crippen LogP) is 0.388. The van der Waals surface area contributed by atoms with E-state index < -0.39 is 9.84 Å². The van der Waals surface area contributed by atoms with Gasteiger partial charge in [-0.3, -0.25) is 0 Å². The van der Waals surface area contributed by atoms with Crippen molar-refractivity contribution in [2.75, 3.05) is 23.9 Å². The number of sulfone groups is 1. The first-order valence-electron chi connectivity index (χ1n) is 5.96. The third-order valence-electron chi connectivity index (χ3n) is 2.60. The second kappa shape index (κ2) is 5.08. The summed E-state index contributed by atoms with van der Waals surface area (Å²) in [6.07, 6.45) is 2.47. The van der Waals surface area contributed by atoms with Crippen molar-refractivity contribution in [3.63, 3.8) is 0 Å². The van der Waals surface area contributed by atoms with Crippen molar-refractivity contribution in [3.05, 3.63) is 18.1 Å². The number of nitrogens with zero attached hydrogens (tertiary/aromatic N) is 4. The van der Waals surface area contributed by atoms with E-state index in [1.54, 1.807) is 13.0 Å². The molecule has 2 rings (SSSR count). The third kappa shape index (κ3) is 2.57. The van der Waals surface area contributed by atoms with Crippen LogP contribution in [0.4, 0.5) is 11.6 Å². The first kappa shape index (κ1) is 14.3. The van der Waals surface area contributed by atoms with Crippen LogP contribution < -0.4 is 11.1 Å². The van der Waals surface area contributed by atoms with Gasteiger partial charge in [0.1, 0.15) is 12.1 Å². The van der Waals surface area contributed by atoms with Gasteiger partial charge >= 0.3 is 0 Å². The molecule has 0 aliphatic carbocycles. The highest BCUT2D eigenvalue weighted by Crippen LogP contribution is 2.28. The van der Waals surface area contributed by atoms with E-state index >= 15 is 0 Å². The number of nitrogen functional groups attached to an aromatic ring is 1. The number of nitrogens with two attached hydrogens (primary N) is 1. The Morgan fingerprint density at radius 2 is 2.10 bits per heavy atom. The van der Waals surface area contributed by atoms with E-state index in [0.717, 1.165) is 11.9 Å². The molecule has 9 heteroatoms. The lowest BCUT2D eigenvalue weighted by Gasteiger charge is -2.03. The van der Waals surface area contributed by atoms with Crippen molar-refractivity contribution in [2.24, 2.45) is 0 Å². The molecule has 0 saturated carbocycles. The molecule has 3 N–H and O–H groups in total. The summed E-state index contributed by atoms with van der Waals surface area (Å²) in [5, 5.41) is 7.08. The summed E-state index contributed by atoms with van der Waals surface area (Å²) in [5.41, 5.74) is 6.66. The van der Waals surface area contributed by atoms with Crippen molar-refractivity contribution >= 4 is 21.5 Å². The van der Waals surface area contributed by atoms with Crippen LogP contribution >= 0.6 is 0 Å². The Bertz CT molecular complexity index is 737. The van der Waals surface area contributed by atoms with Crippen LogP contribution in [0.15, 0.2) is 17.3 Å². The van der Waals surface area contributed by atoms with Crippen molar-refractivity contribution in [3.8, 4) is 5.82 Å². The fourth-order valence-corrected chi connectivity index (χ4v) is 2.73. The van der Waals surface area contributed by atoms with E-state index in [2.05, 4.69) is 20.4 Å². The summed E-state index contributed by atoms with van der Waals surface area (Å²) >= 11 is 0. The van der Waals surface area contributed by atoms with Gasteiger partial charge in [-0.2, -0.15) is 4.68 Å². The molecule has 0 amide bonds. The molecule has 8 nitrogen and oxygen atoms in total. The Kier molecular flexibility index (Phi) is 3.62. The second-order valence-corrected chi connectivity index (χ2v) is 6.25. The van der Waals surface area contributed by atoms with Crippen LogP contribution in [0.3, 0.4) is 0 Å². The largest absolute Gasteiger partial charge is 0.382 e. The molecule has 0 spiro atoms. The highest BCUT2D eigenvalue weighted by atomic mass is 32.2. The number of hydrogen-bond donors (Lipinski definition) is 2. The van der Waals surface area contributed by atoms with Crippen LogP contribution in [-0.2, 0) is 9.84 Å². The van der Waals surface area contributed by atoms with Crippen LogP contribution in [-0.4, -0.2) is 41.0 Å². The standard InChI is InChI=1S/C11H16N6O2S/c1-4-13-11-9(20(3,18)19)10(12)17(16-11)8-5-7(2)14-6-15-8/h5-6H,4,12H2,1-3H3,(H,13,16). The molecule has 0 radical (unpaired) electrons. The number of rotatable bonds is 4. The maximum absolute atomic E-state index is 11.9. The van der Waals surface area contributed by atoms with Gasteiger partial charge in [0.05, 0.1) is 0 Å². The topological polar surface area (TPSA) is 116 Å². The van der Waals surface area contributed by atoms with Gasteiger partial charge in [0.15, 0.2) is 26.4 Å². The van der Waals surface area contributed by atoms with Gasteiger partial charge in [-0.05, 0) is 13.8 Å². The molecule has 0 fully saturated rings. The van der Waals surface area contributed by atoms with E-state index in [4.69, 9.17) is 5.73 Å². The lowest BCUT2D eigenvalue weighted by Crippen LogP contribution is -2.07. The molecule has 0 atom stereocenters. The number of aryl methyl sites for hydroxylation is 1. The molecule has 108 valence electrons. The van der Waals surface area contributed by atoms with E-state index in [1.807, 2.05) is 6.92 Å². The summed E-state index contributed by atoms with van der Waals surface area (Å²) in [5.74, 6) is 0.675. The predicted molar refractivity (Wildman–Crippen MR) is 75.6 cm³/mol. The Balaban J connectivity index is 2.68. The van der Waals surface area contributed by atoms with Crippen LogP contribution in [0.1, 0.15) is 12.6 Å². The van der Waals surface area contributed by atoms with Crippen LogP contribution in [0.5, 0.6) is 0 Å². The maximum atomic E-state index is 11.9. The van der Waals surface area contributed by atoms with Gasteiger partial charge in [-0.1, -0.05) is 0 Å². The molecule has 0 aliphatic rings. The minimum absolute atomic E-state index is 0.0179. The van der Waals surface area contributed by atoms with E-state index in [1.165, 1.54) is 11.0 Å². The smallest absolute Gasteiger partial charge is 0.182 e. The third-order valence-corrected chi connectivity index (χ3v) is 3.74. The molecule has 2 aromatic rings. The number of anilines is 2. The monoisotopic (exact) mass is 296 g/mol. The quantitative estimate of drug-likeness (QED) is 0.838. The lowest BCUT2D eigenvalue weighted by atomic mass is 10.4. The fraction of sp³-hybridized carbons (Fsp3) is 0.364. The van der Waals surface area contributed by atoms with Gasteiger partial charge in [-0.25, -0.2) is 18.4 Å². The molecule has 0 unspecified atom stereocenters. The summed E-state index contributed by atoms with van der Waals surface area (Å²) in [7, 11) is -3.50. The molecule has 2 aromatic heterocycles. The van der Waals surface area contributed by atoms with Gasteiger partial charge < -0.3 is 11.1 Å². The number of aromatic nitrogens is 4. The second-order valence-electron chi connectivity index (χ2n) is 4.29. The van der Waals surface area contributed by atoms with Gasteiger partial charge in [-0.15, -0.1) is 5.10 Å². The maximum Gasteiger partial charge on any atom is 0.182 e. The van der Waals surface area contributed by atoms with Crippen molar-refractivity contribution in [2.45, 2.75) is 18.7 Å². The first-order chi connectivity index (χ1) is 9.34. The first-order valence-corrected chi connectivity index (χ1v) is 7.85. The summed E-state index contributed by atoms with van der Waals surface area (Å²) in [4.78, 5) is 8.02. The van der Waals surface area contributed by atoms with E-state index in [-0.39, 0.29) is 16.5 Å². The van der Waals surface area contributed by atoms with E-state index in [9.17, 15) is 8.42 Å². The summed E-state index contributed by atoms with van der Waals surface area (Å²) in [6.45, 7) is 4.17. The Labute approximate surface area is 117 Å². The Hall–Kier alpha value is -2.16. The summed E-state index contributed by atoms with van der Waals surface area (Å²) in [6, 6.07) is 1.67. The molecule has 0 aromatic carbocycles. The van der Waals surface area contributed by atoms with Gasteiger partial charge in [0.2, 0.25) is 0 Å². The minimum Gasteiger partial charge on any atom is -0.382 e. The van der Waals surface area contributed by atoms with Crippen LogP contribution in [0.2, 0.25) is 0 Å². The molecule has 0 saturated heterocycles. The minimum atomic E-state index is -3.50. The number of nitrogens with one attached hydrogen (secondary N) is 1. The zero-order valence-corrected chi connectivity index (χ0v) is 12.3. The SMILES string of the molecule is CCNc1nn(-c2cc(C)ncn2)c(N)c1S(C)(=O)=O. The number of hydrogen-bond acceptors (Lipinski definition) is 7. The van der Waals surface area contributed by atoms with Crippen LogP contribution in [0.25, 0.3) is 5.82 Å². The highest BCUT2D eigenvalue weighted by molar-refractivity contribution is 7.91. The Morgan fingerprint density at radius 1 is 1.40 bits per heavy atom. The lowest BCUT2D eigenvalue weighted by molar-refractivity contribution is 0.602. The molecule has 2 heterocycles. The normalized spacial score (nSPS) is 11.6. The zero-order valence-electron chi connectivity index (χ0n) is 11.5. The van der Waals surface area contributed by atoms with Crippen molar-refractivity contribution in [1.29, 1.82) is 0 Å². The van der Waals surface area contributed by atoms with Gasteiger partial charge in [0.25, 0.3) is 0 Å². The zero-order chi connectivity index (χ0) is 14.9. The highest BCUT2D eigenvalue weighted by Gasteiger charge is 2.24. The van der Waals surface area contributed by atoms with Crippen molar-refractivity contribution in [1.82, 2.24) is 19.7 Å². The molecular weight excluding hydrogens is 280 g/mol. The fourth-order valence-electron chi connectivity index (χ4n) is 1.80.